The van der Waals surface area contributed by atoms with E-state index < -0.39 is 11.6 Å². The lowest BCUT2D eigenvalue weighted by Crippen LogP contribution is -2.59. The molecule has 0 N–H and O–H groups in total. The molecule has 1 amide bonds. The third-order valence-electron chi connectivity index (χ3n) is 7.64. The molecule has 0 unspecified atom stereocenters. The number of fused-ring (bicyclic) bond motifs is 2. The third-order valence-corrected chi connectivity index (χ3v) is 7.64. The third kappa shape index (κ3) is 5.99. The highest BCUT2D eigenvalue weighted by Crippen LogP contribution is 2.39. The summed E-state index contributed by atoms with van der Waals surface area (Å²) in [5.41, 5.74) is 3.77. The van der Waals surface area contributed by atoms with E-state index in [1.807, 2.05) is 66.9 Å². The molecule has 0 spiro atoms. The number of amides is 1. The molecule has 4 heterocycles. The molecule has 1 fully saturated rings. The van der Waals surface area contributed by atoms with E-state index in [0.717, 1.165) is 22.2 Å². The first-order valence-corrected chi connectivity index (χ1v) is 14.6. The fourth-order valence-corrected chi connectivity index (χ4v) is 5.82. The number of pyridine rings is 2. The lowest BCUT2D eigenvalue weighted by molar-refractivity contribution is 0.00563. The van der Waals surface area contributed by atoms with Crippen molar-refractivity contribution in [1.29, 1.82) is 0 Å². The Morgan fingerprint density at radius 3 is 2.41 bits per heavy atom. The van der Waals surface area contributed by atoms with Crippen LogP contribution in [0.2, 0.25) is 0 Å². The predicted octanol–water partition coefficient (Wildman–Crippen LogP) is 5.10. The first-order valence-electron chi connectivity index (χ1n) is 14.6. The van der Waals surface area contributed by atoms with Gasteiger partial charge in [0.1, 0.15) is 11.4 Å². The molecule has 0 aliphatic carbocycles. The van der Waals surface area contributed by atoms with Crippen LogP contribution in [0.5, 0.6) is 5.75 Å². The molecule has 1 aromatic carbocycles. The highest BCUT2D eigenvalue weighted by molar-refractivity contribution is 6.05. The van der Waals surface area contributed by atoms with Crippen LogP contribution < -0.4 is 9.64 Å². The lowest BCUT2D eigenvalue weighted by Gasteiger charge is -2.45. The van der Waals surface area contributed by atoms with Gasteiger partial charge in [-0.25, -0.2) is 19.6 Å². The number of carbonyl (C=O) groups excluding carboxylic acids is 2. The second kappa shape index (κ2) is 11.9. The van der Waals surface area contributed by atoms with Gasteiger partial charge in [-0.15, -0.1) is 0 Å². The molecular formula is C32H40N6O6. The van der Waals surface area contributed by atoms with Gasteiger partial charge in [-0.05, 0) is 59.7 Å². The van der Waals surface area contributed by atoms with E-state index >= 15 is 0 Å². The Morgan fingerprint density at radius 1 is 1.07 bits per heavy atom. The van der Waals surface area contributed by atoms with Crippen LogP contribution in [0.1, 0.15) is 50.5 Å². The van der Waals surface area contributed by atoms with Gasteiger partial charge in [-0.3, -0.25) is 9.58 Å². The quantitative estimate of drug-likeness (QED) is 0.217. The Balaban J connectivity index is 1.56. The summed E-state index contributed by atoms with van der Waals surface area (Å²) >= 11 is 0. The molecule has 3 aromatic heterocycles. The smallest absolute Gasteiger partial charge is 0.410 e. The van der Waals surface area contributed by atoms with Crippen molar-refractivity contribution in [3.8, 4) is 17.0 Å². The van der Waals surface area contributed by atoms with E-state index in [0.29, 0.717) is 46.7 Å². The zero-order valence-electron chi connectivity index (χ0n) is 26.8. The summed E-state index contributed by atoms with van der Waals surface area (Å²) in [6.07, 6.45) is 3.34. The minimum absolute atomic E-state index is 0.0310. The molecule has 0 radical (unpaired) electrons. The van der Waals surface area contributed by atoms with Gasteiger partial charge >= 0.3 is 12.1 Å². The molecule has 12 nitrogen and oxygen atoms in total. The van der Waals surface area contributed by atoms with Crippen LogP contribution in [0.25, 0.3) is 33.2 Å². The largest absolute Gasteiger partial charge is 0.466 e. The van der Waals surface area contributed by atoms with E-state index in [9.17, 15) is 9.59 Å². The van der Waals surface area contributed by atoms with Crippen molar-refractivity contribution in [1.82, 2.24) is 24.6 Å². The monoisotopic (exact) mass is 604 g/mol. The van der Waals surface area contributed by atoms with Gasteiger partial charge in [0.15, 0.2) is 12.4 Å². The summed E-state index contributed by atoms with van der Waals surface area (Å²) in [5.74, 6) is 0.0517. The standard InChI is InChI=1S/C32H40N6O6/c1-18-14-37(15-19(2)38(18)31(40)44-32(4,5)6)22-11-23-24(30(39)42-9)12-26(34-29(23)33-13-22)25-10-21-16-36(7)35-27(21)20(3)28(25)43-17-41-8/h10-13,16,18-19H,14-15,17H2,1-9H3/t18-,19+. The maximum absolute atomic E-state index is 13.2. The summed E-state index contributed by atoms with van der Waals surface area (Å²) in [6, 6.07) is 5.34. The molecule has 0 bridgehead atoms. The van der Waals surface area contributed by atoms with Gasteiger partial charge in [0.05, 0.1) is 47.9 Å². The number of hydrogen-bond acceptors (Lipinski definition) is 10. The summed E-state index contributed by atoms with van der Waals surface area (Å²) < 4.78 is 23.8. The van der Waals surface area contributed by atoms with Crippen LogP contribution >= 0.6 is 0 Å². The summed E-state index contributed by atoms with van der Waals surface area (Å²) in [5, 5.41) is 6.04. The molecule has 5 rings (SSSR count). The molecule has 1 aliphatic heterocycles. The second-order valence-corrected chi connectivity index (χ2v) is 12.3. The van der Waals surface area contributed by atoms with Crippen LogP contribution in [-0.4, -0.2) is 88.5 Å². The van der Waals surface area contributed by atoms with Crippen molar-refractivity contribution < 1.29 is 28.5 Å². The Labute approximate surface area is 256 Å². The summed E-state index contributed by atoms with van der Waals surface area (Å²) in [7, 11) is 4.76. The van der Waals surface area contributed by atoms with Gasteiger partial charge in [0.2, 0.25) is 0 Å². The number of anilines is 1. The lowest BCUT2D eigenvalue weighted by atomic mass is 10.0. The van der Waals surface area contributed by atoms with E-state index in [2.05, 4.69) is 10.00 Å². The Hall–Kier alpha value is -4.45. The molecule has 1 aliphatic rings. The number of aryl methyl sites for hydroxylation is 2. The molecular weight excluding hydrogens is 564 g/mol. The number of hydrogen-bond donors (Lipinski definition) is 0. The molecule has 0 saturated carbocycles. The topological polar surface area (TPSA) is 121 Å². The SMILES string of the molecule is COCOc1c(-c2cc(C(=O)OC)c3cc(N4C[C@@H](C)N(C(=O)OC(C)(C)C)[C@@H](C)C4)cnc3n2)cc2cn(C)nc2c1C. The number of piperazine rings is 1. The van der Waals surface area contributed by atoms with Gasteiger partial charge in [0, 0.05) is 55.3 Å². The number of carbonyl (C=O) groups is 2. The minimum Gasteiger partial charge on any atom is -0.466 e. The Bertz CT molecular complexity index is 1720. The normalized spacial score (nSPS) is 17.3. The number of methoxy groups -OCH3 is 2. The second-order valence-electron chi connectivity index (χ2n) is 12.3. The molecule has 2 atom stereocenters. The molecule has 12 heteroatoms. The molecule has 44 heavy (non-hydrogen) atoms. The number of nitrogens with zero attached hydrogens (tertiary/aromatic N) is 6. The van der Waals surface area contributed by atoms with Crippen molar-refractivity contribution in [3.05, 3.63) is 41.7 Å². The number of aromatic nitrogens is 4. The fraction of sp³-hybridized carbons (Fsp3) is 0.469. The number of benzene rings is 1. The van der Waals surface area contributed by atoms with Crippen molar-refractivity contribution in [3.63, 3.8) is 0 Å². The zero-order chi connectivity index (χ0) is 31.9. The van der Waals surface area contributed by atoms with Crippen molar-refractivity contribution in [2.75, 3.05) is 39.0 Å². The maximum Gasteiger partial charge on any atom is 0.410 e. The Kier molecular flexibility index (Phi) is 8.39. The van der Waals surface area contributed by atoms with Crippen LogP contribution in [0.3, 0.4) is 0 Å². The van der Waals surface area contributed by atoms with Crippen molar-refractivity contribution in [2.24, 2.45) is 7.05 Å². The average molecular weight is 605 g/mol. The molecule has 1 saturated heterocycles. The van der Waals surface area contributed by atoms with Crippen LogP contribution in [0.15, 0.2) is 30.6 Å². The number of ether oxygens (including phenoxy) is 4. The first-order chi connectivity index (χ1) is 20.8. The van der Waals surface area contributed by atoms with E-state index in [1.165, 1.54) is 7.11 Å². The highest BCUT2D eigenvalue weighted by atomic mass is 16.7. The van der Waals surface area contributed by atoms with Gasteiger partial charge in [0.25, 0.3) is 0 Å². The van der Waals surface area contributed by atoms with Gasteiger partial charge in [-0.2, -0.15) is 5.10 Å². The van der Waals surface area contributed by atoms with Gasteiger partial charge in [-0.1, -0.05) is 0 Å². The number of esters is 1. The van der Waals surface area contributed by atoms with E-state index in [4.69, 9.17) is 28.9 Å². The van der Waals surface area contributed by atoms with E-state index in [1.54, 1.807) is 29.0 Å². The van der Waals surface area contributed by atoms with Crippen molar-refractivity contribution >= 4 is 39.7 Å². The molecule has 4 aromatic rings. The Morgan fingerprint density at radius 2 is 1.77 bits per heavy atom. The van der Waals surface area contributed by atoms with Crippen molar-refractivity contribution in [2.45, 2.75) is 59.2 Å². The van der Waals surface area contributed by atoms with Gasteiger partial charge < -0.3 is 23.8 Å². The fourth-order valence-electron chi connectivity index (χ4n) is 5.82. The minimum atomic E-state index is -0.578. The number of rotatable bonds is 6. The molecule has 234 valence electrons. The highest BCUT2D eigenvalue weighted by Gasteiger charge is 2.36. The summed E-state index contributed by atoms with van der Waals surface area (Å²) in [4.78, 5) is 39.6. The zero-order valence-corrected chi connectivity index (χ0v) is 26.8. The predicted molar refractivity (Wildman–Crippen MR) is 167 cm³/mol. The van der Waals surface area contributed by atoms with E-state index in [-0.39, 0.29) is 25.0 Å². The van der Waals surface area contributed by atoms with Crippen LogP contribution in [-0.2, 0) is 21.3 Å². The first kappa shape index (κ1) is 31.0. The summed E-state index contributed by atoms with van der Waals surface area (Å²) in [6.45, 7) is 12.7. The van der Waals surface area contributed by atoms with Crippen LogP contribution in [0, 0.1) is 6.92 Å². The average Bonchev–Trinajstić information content (AvgIpc) is 3.34. The maximum atomic E-state index is 13.2. The van der Waals surface area contributed by atoms with Crippen LogP contribution in [0.4, 0.5) is 10.5 Å².